The van der Waals surface area contributed by atoms with E-state index in [9.17, 15) is 4.79 Å². The molecular formula is C14H25NO4. The van der Waals surface area contributed by atoms with Crippen LogP contribution in [0.1, 0.15) is 33.1 Å². The standard InChI is InChI=1S/C14H25NO4/c1-10(2)13-7-11(3-5-19-13)15-4-6-18-9-12(15)8-14(16)17/h10-13H,3-9H2,1-2H3,(H,16,17). The maximum Gasteiger partial charge on any atom is 0.305 e. The van der Waals surface area contributed by atoms with Gasteiger partial charge in [0.25, 0.3) is 0 Å². The number of rotatable bonds is 4. The molecular weight excluding hydrogens is 246 g/mol. The number of carbonyl (C=O) groups is 1. The molecule has 3 unspecified atom stereocenters. The minimum Gasteiger partial charge on any atom is -0.481 e. The summed E-state index contributed by atoms with van der Waals surface area (Å²) in [4.78, 5) is 13.3. The third-order valence-corrected chi connectivity index (χ3v) is 4.18. The van der Waals surface area contributed by atoms with E-state index in [1.54, 1.807) is 0 Å². The Labute approximate surface area is 114 Å². The van der Waals surface area contributed by atoms with E-state index in [0.717, 1.165) is 26.0 Å². The van der Waals surface area contributed by atoms with Gasteiger partial charge in [0.1, 0.15) is 0 Å². The highest BCUT2D eigenvalue weighted by molar-refractivity contribution is 5.67. The minimum atomic E-state index is -0.743. The van der Waals surface area contributed by atoms with Crippen molar-refractivity contribution in [2.45, 2.75) is 51.3 Å². The van der Waals surface area contributed by atoms with Crippen molar-refractivity contribution >= 4 is 5.97 Å². The molecule has 0 bridgehead atoms. The zero-order valence-corrected chi connectivity index (χ0v) is 11.9. The van der Waals surface area contributed by atoms with E-state index in [1.807, 2.05) is 0 Å². The highest BCUT2D eigenvalue weighted by atomic mass is 16.5. The summed E-state index contributed by atoms with van der Waals surface area (Å²) >= 11 is 0. The Morgan fingerprint density at radius 1 is 1.42 bits per heavy atom. The molecule has 19 heavy (non-hydrogen) atoms. The summed E-state index contributed by atoms with van der Waals surface area (Å²) in [5, 5.41) is 9.02. The number of ether oxygens (including phenoxy) is 2. The Balaban J connectivity index is 1.98. The third kappa shape index (κ3) is 3.91. The molecule has 2 rings (SSSR count). The molecule has 2 aliphatic rings. The Morgan fingerprint density at radius 2 is 2.21 bits per heavy atom. The van der Waals surface area contributed by atoms with Crippen LogP contribution in [-0.4, -0.2) is 60.5 Å². The molecule has 2 saturated heterocycles. The zero-order chi connectivity index (χ0) is 13.8. The first kappa shape index (κ1) is 14.8. The molecule has 0 aromatic carbocycles. The van der Waals surface area contributed by atoms with Crippen molar-refractivity contribution in [2.24, 2.45) is 5.92 Å². The molecule has 110 valence electrons. The molecule has 0 aliphatic carbocycles. The molecule has 0 aromatic rings. The summed E-state index contributed by atoms with van der Waals surface area (Å²) in [6, 6.07) is 0.455. The van der Waals surface area contributed by atoms with E-state index in [4.69, 9.17) is 14.6 Å². The summed E-state index contributed by atoms with van der Waals surface area (Å²) < 4.78 is 11.2. The van der Waals surface area contributed by atoms with E-state index < -0.39 is 5.97 Å². The zero-order valence-electron chi connectivity index (χ0n) is 11.9. The smallest absolute Gasteiger partial charge is 0.305 e. The SMILES string of the molecule is CC(C)C1CC(N2CCOCC2CC(=O)O)CCO1. The molecule has 0 aromatic heterocycles. The van der Waals surface area contributed by atoms with Crippen molar-refractivity contribution in [3.05, 3.63) is 0 Å². The van der Waals surface area contributed by atoms with Crippen LogP contribution in [-0.2, 0) is 14.3 Å². The maximum absolute atomic E-state index is 11.0. The largest absolute Gasteiger partial charge is 0.481 e. The average Bonchev–Trinajstić information content (AvgIpc) is 2.39. The van der Waals surface area contributed by atoms with Gasteiger partial charge < -0.3 is 14.6 Å². The maximum atomic E-state index is 11.0. The van der Waals surface area contributed by atoms with Crippen molar-refractivity contribution in [3.8, 4) is 0 Å². The predicted molar refractivity (Wildman–Crippen MR) is 71.2 cm³/mol. The Morgan fingerprint density at radius 3 is 2.89 bits per heavy atom. The Hall–Kier alpha value is -0.650. The molecule has 2 fully saturated rings. The van der Waals surface area contributed by atoms with Crippen molar-refractivity contribution in [1.29, 1.82) is 0 Å². The normalized spacial score (nSPS) is 33.5. The van der Waals surface area contributed by atoms with E-state index in [1.165, 1.54) is 0 Å². The molecule has 0 radical (unpaired) electrons. The van der Waals surface area contributed by atoms with Crippen molar-refractivity contribution in [3.63, 3.8) is 0 Å². The van der Waals surface area contributed by atoms with Crippen molar-refractivity contribution < 1.29 is 19.4 Å². The number of hydrogen-bond donors (Lipinski definition) is 1. The number of hydrogen-bond acceptors (Lipinski definition) is 4. The van der Waals surface area contributed by atoms with Gasteiger partial charge in [-0.2, -0.15) is 0 Å². The first-order valence-corrected chi connectivity index (χ1v) is 7.24. The number of carboxylic acid groups (broad SMARTS) is 1. The third-order valence-electron chi connectivity index (χ3n) is 4.18. The topological polar surface area (TPSA) is 59.0 Å². The van der Waals surface area contributed by atoms with Crippen LogP contribution in [0.3, 0.4) is 0 Å². The summed E-state index contributed by atoms with van der Waals surface area (Å²) in [5.74, 6) is -0.227. The number of aliphatic carboxylic acids is 1. The second-order valence-corrected chi connectivity index (χ2v) is 5.90. The number of carboxylic acids is 1. The highest BCUT2D eigenvalue weighted by Gasteiger charge is 2.35. The van der Waals surface area contributed by atoms with Gasteiger partial charge >= 0.3 is 5.97 Å². The molecule has 1 N–H and O–H groups in total. The van der Waals surface area contributed by atoms with Crippen LogP contribution in [0.2, 0.25) is 0 Å². The van der Waals surface area contributed by atoms with Gasteiger partial charge in [-0.1, -0.05) is 13.8 Å². The molecule has 0 saturated carbocycles. The second-order valence-electron chi connectivity index (χ2n) is 5.90. The van der Waals surface area contributed by atoms with Crippen LogP contribution < -0.4 is 0 Å². The van der Waals surface area contributed by atoms with Crippen LogP contribution in [0.15, 0.2) is 0 Å². The Kier molecular flexibility index (Phi) is 5.19. The summed E-state index contributed by atoms with van der Waals surface area (Å²) in [6.07, 6.45) is 2.48. The number of nitrogens with zero attached hydrogens (tertiary/aromatic N) is 1. The van der Waals surface area contributed by atoms with Gasteiger partial charge in [-0.05, 0) is 18.8 Å². The van der Waals surface area contributed by atoms with Gasteiger partial charge in [0, 0.05) is 25.2 Å². The number of morpholine rings is 1. The van der Waals surface area contributed by atoms with Crippen LogP contribution >= 0.6 is 0 Å². The lowest BCUT2D eigenvalue weighted by atomic mass is 9.93. The minimum absolute atomic E-state index is 0.0159. The lowest BCUT2D eigenvalue weighted by molar-refractivity contribution is -0.142. The van der Waals surface area contributed by atoms with E-state index >= 15 is 0 Å². The fraction of sp³-hybridized carbons (Fsp3) is 0.929. The van der Waals surface area contributed by atoms with E-state index in [2.05, 4.69) is 18.7 Å². The van der Waals surface area contributed by atoms with Crippen LogP contribution in [0, 0.1) is 5.92 Å². The van der Waals surface area contributed by atoms with Gasteiger partial charge in [0.15, 0.2) is 0 Å². The lowest BCUT2D eigenvalue weighted by Crippen LogP contribution is -2.54. The highest BCUT2D eigenvalue weighted by Crippen LogP contribution is 2.27. The summed E-state index contributed by atoms with van der Waals surface area (Å²) in [6.45, 7) is 7.23. The fourth-order valence-electron chi connectivity index (χ4n) is 3.10. The van der Waals surface area contributed by atoms with Gasteiger partial charge in [0.2, 0.25) is 0 Å². The lowest BCUT2D eigenvalue weighted by Gasteiger charge is -2.44. The van der Waals surface area contributed by atoms with Gasteiger partial charge in [-0.15, -0.1) is 0 Å². The van der Waals surface area contributed by atoms with Gasteiger partial charge in [-0.25, -0.2) is 0 Å². The average molecular weight is 271 g/mol. The van der Waals surface area contributed by atoms with Crippen LogP contribution in [0.4, 0.5) is 0 Å². The van der Waals surface area contributed by atoms with Gasteiger partial charge in [-0.3, -0.25) is 9.69 Å². The van der Waals surface area contributed by atoms with Crippen molar-refractivity contribution in [2.75, 3.05) is 26.4 Å². The molecule has 2 aliphatic heterocycles. The molecule has 0 amide bonds. The van der Waals surface area contributed by atoms with Crippen LogP contribution in [0.25, 0.3) is 0 Å². The molecule has 5 heteroatoms. The first-order valence-electron chi connectivity index (χ1n) is 7.24. The summed E-state index contributed by atoms with van der Waals surface area (Å²) in [7, 11) is 0. The quantitative estimate of drug-likeness (QED) is 0.836. The molecule has 5 nitrogen and oxygen atoms in total. The molecule has 0 spiro atoms. The van der Waals surface area contributed by atoms with E-state index in [-0.39, 0.29) is 12.5 Å². The molecule has 3 atom stereocenters. The fourth-order valence-corrected chi connectivity index (χ4v) is 3.10. The Bertz CT molecular complexity index is 308. The van der Waals surface area contributed by atoms with E-state index in [0.29, 0.717) is 31.3 Å². The summed E-state index contributed by atoms with van der Waals surface area (Å²) in [5.41, 5.74) is 0. The van der Waals surface area contributed by atoms with Crippen molar-refractivity contribution in [1.82, 2.24) is 4.90 Å². The molecule has 2 heterocycles. The van der Waals surface area contributed by atoms with Gasteiger partial charge in [0.05, 0.1) is 25.7 Å². The monoisotopic (exact) mass is 271 g/mol. The first-order chi connectivity index (χ1) is 9.08. The predicted octanol–water partition coefficient (Wildman–Crippen LogP) is 1.37. The second kappa shape index (κ2) is 6.68. The van der Waals surface area contributed by atoms with Crippen LogP contribution in [0.5, 0.6) is 0 Å².